The Bertz CT molecular complexity index is 663. The molecule has 0 unspecified atom stereocenters. The smallest absolute Gasteiger partial charge is 0.205 e. The van der Waals surface area contributed by atoms with Crippen LogP contribution in [-0.4, -0.2) is 9.97 Å². The predicted molar refractivity (Wildman–Crippen MR) is 84.4 cm³/mol. The number of hydrogen-bond acceptors (Lipinski definition) is 2. The molecule has 2 aromatic carbocycles. The summed E-state index contributed by atoms with van der Waals surface area (Å²) in [6.07, 6.45) is 1.12. The van der Waals surface area contributed by atoms with Gasteiger partial charge in [-0.05, 0) is 42.2 Å². The summed E-state index contributed by atoms with van der Waals surface area (Å²) in [6, 6.07) is 16.6. The third kappa shape index (κ3) is 2.82. The molecule has 102 valence electrons. The van der Waals surface area contributed by atoms with Crippen LogP contribution in [0.2, 0.25) is 0 Å². The molecular weight excluding hydrogens is 246 g/mol. The number of benzene rings is 2. The molecule has 0 saturated heterocycles. The molecule has 0 aliphatic rings. The summed E-state index contributed by atoms with van der Waals surface area (Å²) in [5, 5.41) is 3.31. The summed E-state index contributed by atoms with van der Waals surface area (Å²) in [5.74, 6) is 1.46. The van der Waals surface area contributed by atoms with Crippen molar-refractivity contribution in [2.24, 2.45) is 5.92 Å². The zero-order valence-corrected chi connectivity index (χ0v) is 11.9. The van der Waals surface area contributed by atoms with Crippen LogP contribution in [0.5, 0.6) is 0 Å². The number of nitrogens with one attached hydrogen (secondary N) is 2. The number of aromatic amines is 1. The number of aromatic nitrogens is 2. The lowest BCUT2D eigenvalue weighted by atomic mass is 10.0. The fraction of sp³-hybridized carbons (Fsp3) is 0.235. The predicted octanol–water partition coefficient (Wildman–Crippen LogP) is 4.51. The van der Waals surface area contributed by atoms with Crippen LogP contribution in [0.3, 0.4) is 0 Å². The summed E-state index contributed by atoms with van der Waals surface area (Å²) >= 11 is 0. The summed E-state index contributed by atoms with van der Waals surface area (Å²) < 4.78 is 0. The Morgan fingerprint density at radius 1 is 1.05 bits per heavy atom. The standard InChI is InChI=1S/C17H19N3/c1-12(2)11-13-7-9-14(10-8-13)18-17-19-15-5-3-4-6-16(15)20-17/h3-10,12H,11H2,1-2H3,(H2,18,19,20). The number of nitrogens with zero attached hydrogens (tertiary/aromatic N) is 1. The number of imidazole rings is 1. The molecule has 1 aromatic heterocycles. The van der Waals surface area contributed by atoms with Crippen LogP contribution in [0, 0.1) is 5.92 Å². The summed E-state index contributed by atoms with van der Waals surface area (Å²) in [6.45, 7) is 4.47. The first kappa shape index (κ1) is 12.7. The topological polar surface area (TPSA) is 40.7 Å². The lowest BCUT2D eigenvalue weighted by molar-refractivity contribution is 0.647. The van der Waals surface area contributed by atoms with Crippen molar-refractivity contribution in [3.63, 3.8) is 0 Å². The molecule has 1 heterocycles. The minimum Gasteiger partial charge on any atom is -0.326 e. The number of anilines is 2. The van der Waals surface area contributed by atoms with Crippen LogP contribution in [0.15, 0.2) is 48.5 Å². The summed E-state index contributed by atoms with van der Waals surface area (Å²) in [5.41, 5.74) is 4.45. The van der Waals surface area contributed by atoms with Crippen LogP contribution < -0.4 is 5.32 Å². The van der Waals surface area contributed by atoms with E-state index < -0.39 is 0 Å². The van der Waals surface area contributed by atoms with E-state index in [9.17, 15) is 0 Å². The first-order chi connectivity index (χ1) is 9.70. The molecule has 3 nitrogen and oxygen atoms in total. The highest BCUT2D eigenvalue weighted by atomic mass is 15.1. The lowest BCUT2D eigenvalue weighted by Crippen LogP contribution is -1.95. The monoisotopic (exact) mass is 265 g/mol. The lowest BCUT2D eigenvalue weighted by Gasteiger charge is -2.07. The van der Waals surface area contributed by atoms with E-state index in [1.807, 2.05) is 24.3 Å². The van der Waals surface area contributed by atoms with Crippen LogP contribution >= 0.6 is 0 Å². The van der Waals surface area contributed by atoms with Gasteiger partial charge in [-0.1, -0.05) is 38.1 Å². The molecule has 0 fully saturated rings. The molecular formula is C17H19N3. The highest BCUT2D eigenvalue weighted by Gasteiger charge is 2.02. The van der Waals surface area contributed by atoms with Crippen molar-refractivity contribution in [3.8, 4) is 0 Å². The molecule has 2 N–H and O–H groups in total. The van der Waals surface area contributed by atoms with Crippen LogP contribution in [0.4, 0.5) is 11.6 Å². The quantitative estimate of drug-likeness (QED) is 0.729. The number of rotatable bonds is 4. The Kier molecular flexibility index (Phi) is 3.42. The molecule has 0 spiro atoms. The maximum Gasteiger partial charge on any atom is 0.205 e. The molecule has 0 aliphatic carbocycles. The van der Waals surface area contributed by atoms with E-state index in [0.29, 0.717) is 5.92 Å². The van der Waals surface area contributed by atoms with Crippen molar-refractivity contribution in [3.05, 3.63) is 54.1 Å². The van der Waals surface area contributed by atoms with Crippen LogP contribution in [0.1, 0.15) is 19.4 Å². The van der Waals surface area contributed by atoms with Crippen molar-refractivity contribution in [1.29, 1.82) is 0 Å². The van der Waals surface area contributed by atoms with Gasteiger partial charge in [0.2, 0.25) is 5.95 Å². The van der Waals surface area contributed by atoms with Gasteiger partial charge in [0, 0.05) is 5.69 Å². The van der Waals surface area contributed by atoms with Gasteiger partial charge >= 0.3 is 0 Å². The normalized spacial score (nSPS) is 11.2. The Morgan fingerprint density at radius 2 is 1.80 bits per heavy atom. The fourth-order valence-electron chi connectivity index (χ4n) is 2.34. The number of H-pyrrole nitrogens is 1. The van der Waals surface area contributed by atoms with Gasteiger partial charge in [-0.25, -0.2) is 4.98 Å². The van der Waals surface area contributed by atoms with Gasteiger partial charge in [0.1, 0.15) is 0 Å². The average molecular weight is 265 g/mol. The SMILES string of the molecule is CC(C)Cc1ccc(Nc2nc3ccccc3[nH]2)cc1. The van der Waals surface area contributed by atoms with Gasteiger partial charge in [-0.2, -0.15) is 0 Å². The molecule has 0 aliphatic heterocycles. The molecule has 20 heavy (non-hydrogen) atoms. The summed E-state index contributed by atoms with van der Waals surface area (Å²) in [4.78, 5) is 7.78. The first-order valence-corrected chi connectivity index (χ1v) is 7.01. The van der Waals surface area contributed by atoms with E-state index in [2.05, 4.69) is 53.4 Å². The van der Waals surface area contributed by atoms with E-state index in [0.717, 1.165) is 29.1 Å². The number of hydrogen-bond donors (Lipinski definition) is 2. The van der Waals surface area contributed by atoms with Crippen molar-refractivity contribution >= 4 is 22.7 Å². The Balaban J connectivity index is 1.76. The molecule has 0 atom stereocenters. The average Bonchev–Trinajstić information content (AvgIpc) is 2.82. The van der Waals surface area contributed by atoms with Crippen molar-refractivity contribution < 1.29 is 0 Å². The molecule has 0 bridgehead atoms. The highest BCUT2D eigenvalue weighted by Crippen LogP contribution is 2.19. The largest absolute Gasteiger partial charge is 0.326 e. The van der Waals surface area contributed by atoms with Gasteiger partial charge in [0.25, 0.3) is 0 Å². The second kappa shape index (κ2) is 5.37. The Morgan fingerprint density at radius 3 is 2.50 bits per heavy atom. The van der Waals surface area contributed by atoms with Gasteiger partial charge in [-0.15, -0.1) is 0 Å². The zero-order chi connectivity index (χ0) is 13.9. The second-order valence-corrected chi connectivity index (χ2v) is 5.52. The highest BCUT2D eigenvalue weighted by molar-refractivity contribution is 5.78. The van der Waals surface area contributed by atoms with Gasteiger partial charge in [0.05, 0.1) is 11.0 Å². The second-order valence-electron chi connectivity index (χ2n) is 5.52. The minimum absolute atomic E-state index is 0.684. The van der Waals surface area contributed by atoms with E-state index in [1.54, 1.807) is 0 Å². The van der Waals surface area contributed by atoms with Gasteiger partial charge in [0.15, 0.2) is 0 Å². The third-order valence-corrected chi connectivity index (χ3v) is 3.25. The Hall–Kier alpha value is -2.29. The van der Waals surface area contributed by atoms with Crippen LogP contribution in [-0.2, 0) is 6.42 Å². The van der Waals surface area contributed by atoms with Gasteiger partial charge in [-0.3, -0.25) is 0 Å². The van der Waals surface area contributed by atoms with E-state index in [4.69, 9.17) is 0 Å². The molecule has 0 amide bonds. The third-order valence-electron chi connectivity index (χ3n) is 3.25. The molecule has 0 radical (unpaired) electrons. The Labute approximate surface area is 119 Å². The fourth-order valence-corrected chi connectivity index (χ4v) is 2.34. The first-order valence-electron chi connectivity index (χ1n) is 7.01. The summed E-state index contributed by atoms with van der Waals surface area (Å²) in [7, 11) is 0. The van der Waals surface area contributed by atoms with Crippen LogP contribution in [0.25, 0.3) is 11.0 Å². The van der Waals surface area contributed by atoms with Crippen molar-refractivity contribution in [2.75, 3.05) is 5.32 Å². The maximum absolute atomic E-state index is 4.51. The molecule has 0 saturated carbocycles. The number of fused-ring (bicyclic) bond motifs is 1. The van der Waals surface area contributed by atoms with E-state index in [-0.39, 0.29) is 0 Å². The van der Waals surface area contributed by atoms with Crippen molar-refractivity contribution in [2.45, 2.75) is 20.3 Å². The molecule has 3 rings (SSSR count). The maximum atomic E-state index is 4.51. The number of para-hydroxylation sites is 2. The van der Waals surface area contributed by atoms with E-state index >= 15 is 0 Å². The molecule has 3 aromatic rings. The minimum atomic E-state index is 0.684. The van der Waals surface area contributed by atoms with E-state index in [1.165, 1.54) is 5.56 Å². The van der Waals surface area contributed by atoms with Crippen molar-refractivity contribution in [1.82, 2.24) is 9.97 Å². The zero-order valence-electron chi connectivity index (χ0n) is 11.9. The molecule has 3 heteroatoms. The van der Waals surface area contributed by atoms with Gasteiger partial charge < -0.3 is 10.3 Å².